The average Bonchev–Trinajstić information content (AvgIpc) is 3.42. The van der Waals surface area contributed by atoms with Gasteiger partial charge in [-0.1, -0.05) is 154 Å². The molecule has 1 aromatic heterocycles. The molecule has 5 aromatic rings. The number of aromatic nitrogens is 2. The molecule has 0 spiro atoms. The van der Waals surface area contributed by atoms with E-state index in [2.05, 4.69) is 158 Å². The number of nitrogens with zero attached hydrogens (tertiary/aromatic N) is 6. The molecular formula is C41H54HfN6. The Morgan fingerprint density at radius 1 is 0.542 bits per heavy atom. The summed E-state index contributed by atoms with van der Waals surface area (Å²) in [5, 5.41) is 16.1. The van der Waals surface area contributed by atoms with E-state index in [1.807, 2.05) is 6.07 Å². The molecule has 1 unspecified atom stereocenters. The molecule has 6 nitrogen and oxygen atoms in total. The van der Waals surface area contributed by atoms with Gasteiger partial charge in [-0.15, -0.1) is 5.69 Å². The van der Waals surface area contributed by atoms with Crippen LogP contribution in [0.5, 0.6) is 0 Å². The largest absolute Gasteiger partial charge is 4.00 e. The quantitative estimate of drug-likeness (QED) is 0.144. The number of hydrogen-bond acceptors (Lipinski definition) is 1. The third kappa shape index (κ3) is 12.0. The molecule has 0 aliphatic carbocycles. The molecule has 1 atom stereocenters. The first-order valence-electron chi connectivity index (χ1n) is 16.2. The molecule has 0 aliphatic rings. The van der Waals surface area contributed by atoms with E-state index in [9.17, 15) is 0 Å². The second-order valence-corrected chi connectivity index (χ2v) is 11.8. The number of para-hydroxylation sites is 1. The Kier molecular flexibility index (Phi) is 20.5. The van der Waals surface area contributed by atoms with Crippen LogP contribution in [0.15, 0.2) is 109 Å². The van der Waals surface area contributed by atoms with Crippen molar-refractivity contribution in [3.63, 3.8) is 0 Å². The fraction of sp³-hybridized carbons (Fsp3) is 0.341. The van der Waals surface area contributed by atoms with Gasteiger partial charge in [0.05, 0.1) is 11.4 Å². The molecule has 4 aromatic carbocycles. The van der Waals surface area contributed by atoms with E-state index in [4.69, 9.17) is 10.3 Å². The Morgan fingerprint density at radius 3 is 1.35 bits per heavy atom. The van der Waals surface area contributed by atoms with Crippen LogP contribution in [0.2, 0.25) is 0 Å². The minimum atomic E-state index is -0.257. The smallest absolute Gasteiger partial charge is 0.673 e. The van der Waals surface area contributed by atoms with Crippen molar-refractivity contribution in [1.82, 2.24) is 9.55 Å². The van der Waals surface area contributed by atoms with Crippen LogP contribution in [-0.4, -0.2) is 51.8 Å². The van der Waals surface area contributed by atoms with Gasteiger partial charge in [-0.05, 0) is 17.9 Å². The van der Waals surface area contributed by atoms with E-state index < -0.39 is 0 Å². The van der Waals surface area contributed by atoms with Crippen molar-refractivity contribution in [2.45, 2.75) is 45.6 Å². The van der Waals surface area contributed by atoms with E-state index in [1.165, 1.54) is 11.1 Å². The van der Waals surface area contributed by atoms with Crippen LogP contribution >= 0.6 is 0 Å². The van der Waals surface area contributed by atoms with Gasteiger partial charge in [0.15, 0.2) is 0 Å². The number of rotatable bonds is 8. The standard InChI is InChI=1S/C35H36N3.3C2H6N.Hf/c1-24(2)29-22-15-23-30(25(3)4)32(29)36-31(26-16-9-6-10-17-26)33-34(27-18-11-7-12-19-27)38(5)35(37-33)28-20-13-8-14-21-28;3*1-3-2;/h6-25,31H,1-5H3;3*1-2H3;/q4*-1;+4. The summed E-state index contributed by atoms with van der Waals surface area (Å²) in [7, 11) is 12.6. The van der Waals surface area contributed by atoms with Gasteiger partial charge in [0, 0.05) is 18.2 Å². The Morgan fingerprint density at radius 2 is 0.938 bits per heavy atom. The predicted octanol–water partition coefficient (Wildman–Crippen LogP) is 11.7. The summed E-state index contributed by atoms with van der Waals surface area (Å²) in [6, 6.07) is 38.0. The Hall–Kier alpha value is -3.36. The summed E-state index contributed by atoms with van der Waals surface area (Å²) in [6.07, 6.45) is 0. The van der Waals surface area contributed by atoms with Gasteiger partial charge >= 0.3 is 25.8 Å². The molecule has 0 saturated carbocycles. The van der Waals surface area contributed by atoms with Crippen molar-refractivity contribution in [3.8, 4) is 22.6 Å². The summed E-state index contributed by atoms with van der Waals surface area (Å²) >= 11 is 0. The molecule has 0 radical (unpaired) electrons. The first-order valence-corrected chi connectivity index (χ1v) is 16.2. The zero-order valence-electron chi connectivity index (χ0n) is 30.8. The molecule has 0 N–H and O–H groups in total. The molecule has 0 amide bonds. The molecule has 1 heterocycles. The first kappa shape index (κ1) is 42.7. The fourth-order valence-electron chi connectivity index (χ4n) is 5.21. The van der Waals surface area contributed by atoms with Crippen molar-refractivity contribution >= 4 is 5.69 Å². The van der Waals surface area contributed by atoms with Gasteiger partial charge in [0.1, 0.15) is 5.82 Å². The van der Waals surface area contributed by atoms with E-state index in [0.717, 1.165) is 39.6 Å². The monoisotopic (exact) mass is 810 g/mol. The van der Waals surface area contributed by atoms with E-state index in [-0.39, 0.29) is 31.9 Å². The maximum absolute atomic E-state index is 5.60. The van der Waals surface area contributed by atoms with Gasteiger partial charge in [-0.3, -0.25) is 0 Å². The topological polar surface area (TPSA) is 74.2 Å². The molecular weight excluding hydrogens is 755 g/mol. The second kappa shape index (κ2) is 23.1. The molecule has 0 fully saturated rings. The number of hydrogen-bond donors (Lipinski definition) is 0. The van der Waals surface area contributed by atoms with E-state index in [1.54, 1.807) is 42.3 Å². The summed E-state index contributed by atoms with van der Waals surface area (Å²) in [5.74, 6) is 1.67. The Bertz CT molecular complexity index is 1520. The molecule has 252 valence electrons. The van der Waals surface area contributed by atoms with Gasteiger partial charge in [0.25, 0.3) is 0 Å². The van der Waals surface area contributed by atoms with E-state index >= 15 is 0 Å². The van der Waals surface area contributed by atoms with Crippen LogP contribution in [0.3, 0.4) is 0 Å². The zero-order chi connectivity index (χ0) is 34.8. The predicted molar refractivity (Wildman–Crippen MR) is 206 cm³/mol. The summed E-state index contributed by atoms with van der Waals surface area (Å²) in [5.41, 5.74) is 9.07. The number of imidazole rings is 1. The van der Waals surface area contributed by atoms with Crippen molar-refractivity contribution < 1.29 is 25.8 Å². The molecule has 7 heteroatoms. The third-order valence-electron chi connectivity index (χ3n) is 7.18. The minimum Gasteiger partial charge on any atom is -0.673 e. The maximum Gasteiger partial charge on any atom is 4.00 e. The summed E-state index contributed by atoms with van der Waals surface area (Å²) in [4.78, 5) is 5.35. The SMILES string of the molecule is CC(C)c1cccc(C(C)C)c1[N-]C(c1ccccc1)c1nc(-c2ccccc2)n(C)c1-c1ccccc1.C[N-]C.C[N-]C.C[N-]C.[Hf+4]. The number of benzene rings is 4. The van der Waals surface area contributed by atoms with Crippen molar-refractivity contribution in [2.75, 3.05) is 42.3 Å². The Labute approximate surface area is 310 Å². The van der Waals surface area contributed by atoms with Crippen LogP contribution in [0, 0.1) is 0 Å². The minimum absolute atomic E-state index is 0. The van der Waals surface area contributed by atoms with Crippen molar-refractivity contribution in [1.29, 1.82) is 0 Å². The van der Waals surface area contributed by atoms with Crippen molar-refractivity contribution in [3.05, 3.63) is 153 Å². The molecule has 48 heavy (non-hydrogen) atoms. The van der Waals surface area contributed by atoms with Crippen LogP contribution < -0.4 is 0 Å². The van der Waals surface area contributed by atoms with Crippen LogP contribution in [-0.2, 0) is 32.9 Å². The second-order valence-electron chi connectivity index (χ2n) is 11.8. The summed E-state index contributed by atoms with van der Waals surface area (Å²) < 4.78 is 2.23. The first-order chi connectivity index (χ1) is 22.7. The fourth-order valence-corrected chi connectivity index (χ4v) is 5.21. The normalized spacial score (nSPS) is 10.8. The van der Waals surface area contributed by atoms with Gasteiger partial charge in [0.2, 0.25) is 0 Å². The Balaban J connectivity index is 0.00000104. The molecule has 0 saturated heterocycles. The van der Waals surface area contributed by atoms with Crippen LogP contribution in [0.1, 0.15) is 68.0 Å². The molecule has 0 bridgehead atoms. The third-order valence-corrected chi connectivity index (χ3v) is 7.18. The van der Waals surface area contributed by atoms with E-state index in [0.29, 0.717) is 11.8 Å². The molecule has 0 aliphatic heterocycles. The zero-order valence-corrected chi connectivity index (χ0v) is 34.4. The van der Waals surface area contributed by atoms with Crippen LogP contribution in [0.25, 0.3) is 43.9 Å². The average molecular weight is 809 g/mol. The van der Waals surface area contributed by atoms with Crippen molar-refractivity contribution in [2.24, 2.45) is 7.05 Å². The van der Waals surface area contributed by atoms with Gasteiger partial charge < -0.3 is 25.8 Å². The summed E-state index contributed by atoms with van der Waals surface area (Å²) in [6.45, 7) is 9.00. The molecule has 5 rings (SSSR count). The van der Waals surface area contributed by atoms with Gasteiger partial charge in [-0.25, -0.2) is 4.98 Å². The van der Waals surface area contributed by atoms with Gasteiger partial charge in [-0.2, -0.15) is 42.3 Å². The maximum atomic E-state index is 5.60. The van der Waals surface area contributed by atoms with Crippen LogP contribution in [0.4, 0.5) is 5.69 Å².